The number of amides is 2. The van der Waals surface area contributed by atoms with Crippen LogP contribution in [0.4, 0.5) is 17.1 Å². The summed E-state index contributed by atoms with van der Waals surface area (Å²) in [7, 11) is 0. The Balaban J connectivity index is 1.67. The lowest BCUT2D eigenvalue weighted by molar-refractivity contribution is -0.120. The topological polar surface area (TPSA) is 61.8 Å². The number of hydrogen-bond acceptors (Lipinski definition) is 4. The van der Waals surface area contributed by atoms with Gasteiger partial charge in [-0.1, -0.05) is 31.2 Å². The Morgan fingerprint density at radius 3 is 2.65 bits per heavy atom. The predicted octanol–water partition coefficient (Wildman–Crippen LogP) is 5.42. The Bertz CT molecular complexity index is 1170. The van der Waals surface area contributed by atoms with Crippen molar-refractivity contribution < 1.29 is 9.59 Å². The number of carbonyl (C=O) groups is 2. The van der Waals surface area contributed by atoms with Crippen molar-refractivity contribution in [2.24, 2.45) is 4.99 Å². The minimum Gasteiger partial charge on any atom is -0.324 e. The summed E-state index contributed by atoms with van der Waals surface area (Å²) < 4.78 is 0. The second-order valence-corrected chi connectivity index (χ2v) is 8.62. The van der Waals surface area contributed by atoms with Gasteiger partial charge in [-0.25, -0.2) is 4.99 Å². The van der Waals surface area contributed by atoms with Gasteiger partial charge in [-0.15, -0.1) is 11.3 Å². The molecule has 158 valence electrons. The van der Waals surface area contributed by atoms with E-state index in [1.807, 2.05) is 74.7 Å². The Morgan fingerprint density at radius 2 is 1.90 bits per heavy atom. The van der Waals surface area contributed by atoms with E-state index in [2.05, 4.69) is 5.32 Å². The number of hydrogen-bond donors (Lipinski definition) is 1. The van der Waals surface area contributed by atoms with Crippen LogP contribution in [0, 0.1) is 13.8 Å². The van der Waals surface area contributed by atoms with E-state index in [0.29, 0.717) is 5.69 Å². The standard InChI is InChI=1S/C25H25N3O2S/c1-4-18-8-5-6-9-19(18)27-24(29)15-28-22-13-17(3)16(2)12-20(22)26-21(14-25(28)30)23-10-7-11-31-23/h5-13H,4,14-15H2,1-3H3,(H,27,29). The van der Waals surface area contributed by atoms with Gasteiger partial charge in [-0.3, -0.25) is 9.59 Å². The van der Waals surface area contributed by atoms with Gasteiger partial charge in [0.1, 0.15) is 6.54 Å². The minimum atomic E-state index is -0.224. The minimum absolute atomic E-state index is 0.0559. The zero-order chi connectivity index (χ0) is 22.0. The molecule has 31 heavy (non-hydrogen) atoms. The zero-order valence-electron chi connectivity index (χ0n) is 17.9. The molecule has 1 aliphatic rings. The molecular formula is C25H25N3O2S. The molecule has 0 saturated carbocycles. The van der Waals surface area contributed by atoms with E-state index in [1.54, 1.807) is 16.2 Å². The average molecular weight is 432 g/mol. The highest BCUT2D eigenvalue weighted by atomic mass is 32.1. The molecule has 0 fully saturated rings. The fourth-order valence-corrected chi connectivity index (χ4v) is 4.41. The van der Waals surface area contributed by atoms with Gasteiger partial charge in [0.2, 0.25) is 11.8 Å². The molecule has 2 aromatic carbocycles. The Hall–Kier alpha value is -3.25. The van der Waals surface area contributed by atoms with Crippen molar-refractivity contribution in [3.05, 3.63) is 75.5 Å². The Kier molecular flexibility index (Phi) is 6.00. The van der Waals surface area contributed by atoms with E-state index in [4.69, 9.17) is 4.99 Å². The molecule has 1 aromatic heterocycles. The van der Waals surface area contributed by atoms with Gasteiger partial charge in [0.05, 0.1) is 23.5 Å². The van der Waals surface area contributed by atoms with E-state index in [9.17, 15) is 9.59 Å². The number of aliphatic imine (C=N–C) groups is 1. The van der Waals surface area contributed by atoms with Crippen LogP contribution in [0.25, 0.3) is 0 Å². The zero-order valence-corrected chi connectivity index (χ0v) is 18.8. The number of nitrogens with one attached hydrogen (secondary N) is 1. The molecule has 5 nitrogen and oxygen atoms in total. The van der Waals surface area contributed by atoms with Gasteiger partial charge < -0.3 is 10.2 Å². The van der Waals surface area contributed by atoms with Crippen LogP contribution in [0.1, 0.15) is 34.9 Å². The second kappa shape index (κ2) is 8.86. The van der Waals surface area contributed by atoms with E-state index in [-0.39, 0.29) is 24.8 Å². The van der Waals surface area contributed by atoms with Crippen molar-refractivity contribution in [1.29, 1.82) is 0 Å². The first kappa shape index (κ1) is 21.0. The number of rotatable bonds is 5. The summed E-state index contributed by atoms with van der Waals surface area (Å²) >= 11 is 1.56. The van der Waals surface area contributed by atoms with Crippen molar-refractivity contribution >= 4 is 45.9 Å². The molecular weight excluding hydrogens is 406 g/mol. The maximum atomic E-state index is 13.3. The summed E-state index contributed by atoms with van der Waals surface area (Å²) in [5, 5.41) is 4.95. The molecule has 0 atom stereocenters. The summed E-state index contributed by atoms with van der Waals surface area (Å²) in [5.74, 6) is -0.355. The van der Waals surface area contributed by atoms with Crippen molar-refractivity contribution in [2.45, 2.75) is 33.6 Å². The molecule has 0 aliphatic carbocycles. The lowest BCUT2D eigenvalue weighted by Crippen LogP contribution is -2.38. The van der Waals surface area contributed by atoms with Crippen molar-refractivity contribution in [3.8, 4) is 0 Å². The maximum absolute atomic E-state index is 13.3. The number of thiophene rings is 1. The monoisotopic (exact) mass is 431 g/mol. The Labute approximate surface area is 186 Å². The molecule has 1 aliphatic heterocycles. The Morgan fingerprint density at radius 1 is 1.13 bits per heavy atom. The number of fused-ring (bicyclic) bond motifs is 1. The number of benzene rings is 2. The largest absolute Gasteiger partial charge is 0.324 e. The van der Waals surface area contributed by atoms with Crippen LogP contribution in [-0.2, 0) is 16.0 Å². The summed E-state index contributed by atoms with van der Waals surface area (Å²) in [6.45, 7) is 6.03. The van der Waals surface area contributed by atoms with Crippen molar-refractivity contribution in [1.82, 2.24) is 0 Å². The third kappa shape index (κ3) is 4.44. The maximum Gasteiger partial charge on any atom is 0.244 e. The van der Waals surface area contributed by atoms with Crippen molar-refractivity contribution in [3.63, 3.8) is 0 Å². The second-order valence-electron chi connectivity index (χ2n) is 7.68. The lowest BCUT2D eigenvalue weighted by Gasteiger charge is -2.23. The number of aryl methyl sites for hydroxylation is 3. The normalized spacial score (nSPS) is 13.5. The highest BCUT2D eigenvalue weighted by Crippen LogP contribution is 2.36. The number of carbonyl (C=O) groups excluding carboxylic acids is 2. The molecule has 1 N–H and O–H groups in total. The lowest BCUT2D eigenvalue weighted by atomic mass is 10.1. The predicted molar refractivity (Wildman–Crippen MR) is 128 cm³/mol. The number of nitrogens with zero attached hydrogens (tertiary/aromatic N) is 2. The fourth-order valence-electron chi connectivity index (χ4n) is 3.69. The molecule has 2 amide bonds. The van der Waals surface area contributed by atoms with Gasteiger partial charge in [0, 0.05) is 10.6 Å². The summed E-state index contributed by atoms with van der Waals surface area (Å²) in [6.07, 6.45) is 0.977. The van der Waals surface area contributed by atoms with Gasteiger partial charge in [-0.2, -0.15) is 0 Å². The van der Waals surface area contributed by atoms with Gasteiger partial charge in [-0.05, 0) is 66.6 Å². The van der Waals surface area contributed by atoms with Crippen LogP contribution < -0.4 is 10.2 Å². The van der Waals surface area contributed by atoms with E-state index in [0.717, 1.165) is 45.1 Å². The molecule has 6 heteroatoms. The molecule has 4 rings (SSSR count). The SMILES string of the molecule is CCc1ccccc1NC(=O)CN1C(=O)CC(c2cccs2)=Nc2cc(C)c(C)cc21. The summed E-state index contributed by atoms with van der Waals surface area (Å²) in [5.41, 5.74) is 6.15. The van der Waals surface area contributed by atoms with E-state index >= 15 is 0 Å². The molecule has 0 unspecified atom stereocenters. The molecule has 0 saturated heterocycles. The van der Waals surface area contributed by atoms with Crippen LogP contribution in [0.3, 0.4) is 0 Å². The van der Waals surface area contributed by atoms with E-state index in [1.165, 1.54) is 0 Å². The van der Waals surface area contributed by atoms with Crippen LogP contribution in [0.15, 0.2) is 58.9 Å². The first-order valence-electron chi connectivity index (χ1n) is 10.4. The third-order valence-corrected chi connectivity index (χ3v) is 6.46. The average Bonchev–Trinajstić information content (AvgIpc) is 3.25. The highest BCUT2D eigenvalue weighted by molar-refractivity contribution is 7.12. The molecule has 2 heterocycles. The summed E-state index contributed by atoms with van der Waals surface area (Å²) in [4.78, 5) is 33.6. The first-order chi connectivity index (χ1) is 15.0. The van der Waals surface area contributed by atoms with Gasteiger partial charge >= 0.3 is 0 Å². The number of para-hydroxylation sites is 1. The summed E-state index contributed by atoms with van der Waals surface area (Å²) in [6, 6.07) is 15.6. The fraction of sp³-hybridized carbons (Fsp3) is 0.240. The number of anilines is 2. The highest BCUT2D eigenvalue weighted by Gasteiger charge is 2.27. The first-order valence-corrected chi connectivity index (χ1v) is 11.2. The molecule has 0 bridgehead atoms. The van der Waals surface area contributed by atoms with Gasteiger partial charge in [0.25, 0.3) is 0 Å². The molecule has 0 radical (unpaired) electrons. The van der Waals surface area contributed by atoms with Crippen LogP contribution >= 0.6 is 11.3 Å². The van der Waals surface area contributed by atoms with E-state index < -0.39 is 0 Å². The third-order valence-electron chi connectivity index (χ3n) is 5.54. The quantitative estimate of drug-likeness (QED) is 0.586. The smallest absolute Gasteiger partial charge is 0.244 e. The molecule has 3 aromatic rings. The van der Waals surface area contributed by atoms with Crippen LogP contribution in [0.2, 0.25) is 0 Å². The van der Waals surface area contributed by atoms with Crippen LogP contribution in [0.5, 0.6) is 0 Å². The molecule has 0 spiro atoms. The van der Waals surface area contributed by atoms with Crippen molar-refractivity contribution in [2.75, 3.05) is 16.8 Å². The van der Waals surface area contributed by atoms with Crippen LogP contribution in [-0.4, -0.2) is 24.1 Å². The van der Waals surface area contributed by atoms with Gasteiger partial charge in [0.15, 0.2) is 0 Å².